The number of carbonyl (C=O) groups excluding carboxylic acids is 2. The van der Waals surface area contributed by atoms with E-state index >= 15 is 0 Å². The van der Waals surface area contributed by atoms with E-state index < -0.39 is 28.5 Å². The zero-order valence-corrected chi connectivity index (χ0v) is 19.2. The number of hydrogen-bond donors (Lipinski definition) is 1. The molecule has 0 bridgehead atoms. The van der Waals surface area contributed by atoms with Gasteiger partial charge in [0.1, 0.15) is 0 Å². The fourth-order valence-corrected chi connectivity index (χ4v) is 4.94. The highest BCUT2D eigenvalue weighted by atomic mass is 35.5. The molecule has 0 aliphatic heterocycles. The first-order valence-electron chi connectivity index (χ1n) is 10.0. The molecule has 0 aromatic heterocycles. The summed E-state index contributed by atoms with van der Waals surface area (Å²) in [4.78, 5) is 24.8. The third-order valence-electron chi connectivity index (χ3n) is 4.90. The van der Waals surface area contributed by atoms with Crippen molar-refractivity contribution in [3.63, 3.8) is 0 Å². The van der Waals surface area contributed by atoms with Crippen LogP contribution in [-0.2, 0) is 19.6 Å². The molecule has 0 saturated heterocycles. The summed E-state index contributed by atoms with van der Waals surface area (Å²) in [6, 6.07) is 16.9. The number of halogens is 1. The highest BCUT2D eigenvalue weighted by Gasteiger charge is 2.24. The van der Waals surface area contributed by atoms with Crippen molar-refractivity contribution in [2.45, 2.75) is 18.7 Å². The number of hydrogen-bond acceptors (Lipinski definition) is 5. The predicted octanol–water partition coefficient (Wildman–Crippen LogP) is 4.32. The number of nitrogens with zero attached hydrogens (tertiary/aromatic N) is 1. The molecule has 0 spiro atoms. The number of rotatable bonds is 8. The average molecular weight is 475 g/mol. The highest BCUT2D eigenvalue weighted by molar-refractivity contribution is 7.89. The van der Waals surface area contributed by atoms with Crippen LogP contribution in [0.1, 0.15) is 24.2 Å². The Labute approximate surface area is 192 Å². The van der Waals surface area contributed by atoms with Gasteiger partial charge in [-0.15, -0.1) is 0 Å². The van der Waals surface area contributed by atoms with Crippen molar-refractivity contribution in [3.8, 4) is 0 Å². The number of sulfonamides is 1. The first-order chi connectivity index (χ1) is 15.3. The van der Waals surface area contributed by atoms with Gasteiger partial charge in [0.15, 0.2) is 6.61 Å². The van der Waals surface area contributed by atoms with Crippen LogP contribution in [0, 0.1) is 0 Å². The third-order valence-corrected chi connectivity index (χ3v) is 7.27. The molecule has 0 radical (unpaired) electrons. The lowest BCUT2D eigenvalue weighted by Crippen LogP contribution is -2.30. The van der Waals surface area contributed by atoms with Crippen LogP contribution in [0.15, 0.2) is 65.6 Å². The van der Waals surface area contributed by atoms with E-state index in [0.29, 0.717) is 5.69 Å². The van der Waals surface area contributed by atoms with E-state index in [4.69, 9.17) is 16.3 Å². The summed E-state index contributed by atoms with van der Waals surface area (Å²) >= 11 is 6.09. The Morgan fingerprint density at radius 1 is 1.00 bits per heavy atom. The van der Waals surface area contributed by atoms with Crippen molar-refractivity contribution >= 4 is 50.0 Å². The molecule has 0 saturated carbocycles. The number of amides is 1. The smallest absolute Gasteiger partial charge is 0.340 e. The van der Waals surface area contributed by atoms with Crippen LogP contribution < -0.4 is 5.32 Å². The summed E-state index contributed by atoms with van der Waals surface area (Å²) in [7, 11) is -3.78. The summed E-state index contributed by atoms with van der Waals surface area (Å²) in [6.07, 6.45) is 0. The Balaban J connectivity index is 1.72. The van der Waals surface area contributed by atoms with E-state index in [0.717, 1.165) is 10.8 Å². The molecule has 3 rings (SSSR count). The molecule has 0 atom stereocenters. The maximum atomic E-state index is 12.7. The molecule has 0 unspecified atom stereocenters. The minimum Gasteiger partial charge on any atom is -0.452 e. The lowest BCUT2D eigenvalue weighted by atomic mass is 10.1. The molecule has 32 heavy (non-hydrogen) atoms. The highest BCUT2D eigenvalue weighted by Crippen LogP contribution is 2.25. The minimum absolute atomic E-state index is 0.0305. The van der Waals surface area contributed by atoms with Crippen molar-refractivity contribution in [2.75, 3.05) is 25.0 Å². The van der Waals surface area contributed by atoms with Crippen molar-refractivity contribution in [3.05, 3.63) is 71.2 Å². The summed E-state index contributed by atoms with van der Waals surface area (Å²) in [5.74, 6) is -1.42. The molecule has 1 amide bonds. The van der Waals surface area contributed by atoms with Crippen LogP contribution in [0.25, 0.3) is 10.8 Å². The summed E-state index contributed by atoms with van der Waals surface area (Å²) in [6.45, 7) is 3.47. The number of carbonyl (C=O) groups is 2. The van der Waals surface area contributed by atoms with E-state index in [1.807, 2.05) is 36.4 Å². The molecule has 9 heteroatoms. The van der Waals surface area contributed by atoms with Crippen molar-refractivity contribution in [2.24, 2.45) is 0 Å². The van der Waals surface area contributed by atoms with Gasteiger partial charge in [0.2, 0.25) is 10.0 Å². The Hall–Kier alpha value is -2.94. The first-order valence-corrected chi connectivity index (χ1v) is 11.8. The Bertz CT molecular complexity index is 1250. The molecule has 3 aromatic carbocycles. The second-order valence-electron chi connectivity index (χ2n) is 6.88. The molecule has 3 aromatic rings. The second kappa shape index (κ2) is 10.1. The van der Waals surface area contributed by atoms with Crippen LogP contribution >= 0.6 is 11.6 Å². The quantitative estimate of drug-likeness (QED) is 0.491. The number of ether oxygens (including phenoxy) is 1. The fourth-order valence-electron chi connectivity index (χ4n) is 3.26. The number of nitrogens with one attached hydrogen (secondary N) is 1. The Morgan fingerprint density at radius 3 is 2.41 bits per heavy atom. The predicted molar refractivity (Wildman–Crippen MR) is 124 cm³/mol. The van der Waals surface area contributed by atoms with E-state index in [-0.39, 0.29) is 28.6 Å². The van der Waals surface area contributed by atoms with E-state index in [1.54, 1.807) is 19.9 Å². The number of benzene rings is 3. The summed E-state index contributed by atoms with van der Waals surface area (Å²) in [5, 5.41) is 4.56. The van der Waals surface area contributed by atoms with Gasteiger partial charge in [0, 0.05) is 24.2 Å². The molecule has 0 fully saturated rings. The molecule has 0 aliphatic carbocycles. The zero-order chi connectivity index (χ0) is 23.3. The number of fused-ring (bicyclic) bond motifs is 1. The van der Waals surface area contributed by atoms with Gasteiger partial charge < -0.3 is 10.1 Å². The molecule has 1 N–H and O–H groups in total. The standard InChI is InChI=1S/C23H23ClN2O5S/c1-3-26(4-2)32(29,30)17-12-13-20(24)19(14-17)23(28)31-15-22(27)25-21-11-7-9-16-8-5-6-10-18(16)21/h5-14H,3-4,15H2,1-2H3,(H,25,27). The van der Waals surface area contributed by atoms with Gasteiger partial charge in [0.25, 0.3) is 5.91 Å². The summed E-state index contributed by atoms with van der Waals surface area (Å²) < 4.78 is 31.8. The summed E-state index contributed by atoms with van der Waals surface area (Å²) in [5.41, 5.74) is 0.465. The van der Waals surface area contributed by atoms with Crippen LogP contribution in [0.4, 0.5) is 5.69 Å². The van der Waals surface area contributed by atoms with Gasteiger partial charge in [-0.25, -0.2) is 13.2 Å². The van der Waals surface area contributed by atoms with Crippen LogP contribution in [0.5, 0.6) is 0 Å². The maximum absolute atomic E-state index is 12.7. The van der Waals surface area contributed by atoms with Crippen LogP contribution in [-0.4, -0.2) is 44.3 Å². The van der Waals surface area contributed by atoms with E-state index in [2.05, 4.69) is 5.32 Å². The van der Waals surface area contributed by atoms with Gasteiger partial charge in [-0.3, -0.25) is 4.79 Å². The lowest BCUT2D eigenvalue weighted by molar-refractivity contribution is -0.119. The number of esters is 1. The first kappa shape index (κ1) is 23.7. The Morgan fingerprint density at radius 2 is 1.69 bits per heavy atom. The topological polar surface area (TPSA) is 92.8 Å². The Kier molecular flexibility index (Phi) is 7.50. The fraction of sp³-hybridized carbons (Fsp3) is 0.217. The van der Waals surface area contributed by atoms with E-state index in [1.165, 1.54) is 22.5 Å². The molecule has 0 aliphatic rings. The van der Waals surface area contributed by atoms with Crippen LogP contribution in [0.2, 0.25) is 5.02 Å². The van der Waals surface area contributed by atoms with Crippen LogP contribution in [0.3, 0.4) is 0 Å². The van der Waals surface area contributed by atoms with Crippen molar-refractivity contribution in [1.29, 1.82) is 0 Å². The second-order valence-corrected chi connectivity index (χ2v) is 9.23. The van der Waals surface area contributed by atoms with Gasteiger partial charge >= 0.3 is 5.97 Å². The average Bonchev–Trinajstić information content (AvgIpc) is 2.78. The van der Waals surface area contributed by atoms with Gasteiger partial charge in [0.05, 0.1) is 15.5 Å². The molecule has 0 heterocycles. The minimum atomic E-state index is -3.78. The third kappa shape index (κ3) is 5.09. The zero-order valence-electron chi connectivity index (χ0n) is 17.7. The molecular weight excluding hydrogens is 452 g/mol. The largest absolute Gasteiger partial charge is 0.452 e. The molecule has 168 valence electrons. The van der Waals surface area contributed by atoms with Gasteiger partial charge in [-0.2, -0.15) is 4.31 Å². The van der Waals surface area contributed by atoms with Gasteiger partial charge in [-0.05, 0) is 29.7 Å². The maximum Gasteiger partial charge on any atom is 0.340 e. The molecule has 7 nitrogen and oxygen atoms in total. The number of anilines is 1. The normalized spacial score (nSPS) is 11.5. The van der Waals surface area contributed by atoms with Crippen molar-refractivity contribution in [1.82, 2.24) is 4.31 Å². The van der Waals surface area contributed by atoms with Gasteiger partial charge in [-0.1, -0.05) is 61.8 Å². The monoisotopic (exact) mass is 474 g/mol. The SMILES string of the molecule is CCN(CC)S(=O)(=O)c1ccc(Cl)c(C(=O)OCC(=O)Nc2cccc3ccccc23)c1. The lowest BCUT2D eigenvalue weighted by Gasteiger charge is -2.19. The molecular formula is C23H23ClN2O5S. The van der Waals surface area contributed by atoms with E-state index in [9.17, 15) is 18.0 Å². The van der Waals surface area contributed by atoms with Crippen molar-refractivity contribution < 1.29 is 22.7 Å².